The van der Waals surface area contributed by atoms with Gasteiger partial charge in [-0.2, -0.15) is 0 Å². The van der Waals surface area contributed by atoms with Crippen molar-refractivity contribution < 1.29 is 23.0 Å². The average Bonchev–Trinajstić information content (AvgIpc) is 2.33. The van der Waals surface area contributed by atoms with Crippen LogP contribution in [0.3, 0.4) is 0 Å². The van der Waals surface area contributed by atoms with Gasteiger partial charge in [-0.15, -0.1) is 0 Å². The van der Waals surface area contributed by atoms with Crippen LogP contribution in [0.1, 0.15) is 24.2 Å². The smallest absolute Gasteiger partial charge is 0.194 e. The van der Waals surface area contributed by atoms with Gasteiger partial charge in [-0.3, -0.25) is 4.79 Å². The van der Waals surface area contributed by atoms with Crippen molar-refractivity contribution in [1.82, 2.24) is 0 Å². The quantitative estimate of drug-likeness (QED) is 0.539. The highest BCUT2D eigenvalue weighted by Crippen LogP contribution is 2.12. The lowest BCUT2D eigenvalue weighted by atomic mass is 10.1. The zero-order valence-electron chi connectivity index (χ0n) is 11.1. The fraction of sp³-hybridized carbons (Fsp3) is 0.500. The zero-order chi connectivity index (χ0) is 14.3. The molecule has 0 fully saturated rings. The Labute approximate surface area is 111 Å². The molecule has 0 atom stereocenters. The molecule has 3 nitrogen and oxygen atoms in total. The molecule has 0 aliphatic heterocycles. The van der Waals surface area contributed by atoms with Gasteiger partial charge < -0.3 is 9.47 Å². The third-order valence-electron chi connectivity index (χ3n) is 2.30. The minimum atomic E-state index is -0.871. The summed E-state index contributed by atoms with van der Waals surface area (Å²) in [5.41, 5.74) is -0.550. The van der Waals surface area contributed by atoms with E-state index in [1.807, 2.05) is 13.8 Å². The van der Waals surface area contributed by atoms with Crippen molar-refractivity contribution in [2.75, 3.05) is 26.4 Å². The van der Waals surface area contributed by atoms with E-state index in [2.05, 4.69) is 0 Å². The predicted octanol–water partition coefficient (Wildman–Crippen LogP) is 2.84. The molecule has 1 rings (SSSR count). The number of hydrogen-bond acceptors (Lipinski definition) is 3. The first-order valence-electron chi connectivity index (χ1n) is 6.15. The van der Waals surface area contributed by atoms with Crippen LogP contribution in [0.4, 0.5) is 8.78 Å². The largest absolute Gasteiger partial charge is 0.379 e. The Kier molecular flexibility index (Phi) is 6.59. The van der Waals surface area contributed by atoms with Gasteiger partial charge in [0.15, 0.2) is 5.78 Å². The van der Waals surface area contributed by atoms with Gasteiger partial charge in [-0.25, -0.2) is 8.78 Å². The number of halogens is 2. The van der Waals surface area contributed by atoms with Crippen LogP contribution in [0.2, 0.25) is 0 Å². The van der Waals surface area contributed by atoms with Gasteiger partial charge in [0.2, 0.25) is 0 Å². The normalized spacial score (nSPS) is 11.0. The molecule has 19 heavy (non-hydrogen) atoms. The van der Waals surface area contributed by atoms with E-state index in [0.717, 1.165) is 12.1 Å². The maximum atomic E-state index is 13.3. The van der Waals surface area contributed by atoms with E-state index >= 15 is 0 Å². The van der Waals surface area contributed by atoms with Crippen LogP contribution < -0.4 is 0 Å². The molecule has 0 unspecified atom stereocenters. The highest BCUT2D eigenvalue weighted by Gasteiger charge is 2.16. The van der Waals surface area contributed by atoms with Gasteiger partial charge in [-0.1, -0.05) is 19.9 Å². The first-order chi connectivity index (χ1) is 9.02. The minimum Gasteiger partial charge on any atom is -0.379 e. The molecule has 0 saturated heterocycles. The Morgan fingerprint density at radius 3 is 2.32 bits per heavy atom. The van der Waals surface area contributed by atoms with Gasteiger partial charge in [0.1, 0.15) is 18.2 Å². The highest BCUT2D eigenvalue weighted by molar-refractivity contribution is 5.97. The summed E-state index contributed by atoms with van der Waals surface area (Å²) in [5, 5.41) is 0. The molecule has 1 aromatic rings. The van der Waals surface area contributed by atoms with Crippen molar-refractivity contribution in [2.24, 2.45) is 5.92 Å². The molecule has 0 spiro atoms. The summed E-state index contributed by atoms with van der Waals surface area (Å²) >= 11 is 0. The fourth-order valence-electron chi connectivity index (χ4n) is 1.44. The van der Waals surface area contributed by atoms with E-state index < -0.39 is 23.0 Å². The molecule has 0 N–H and O–H groups in total. The predicted molar refractivity (Wildman–Crippen MR) is 67.2 cm³/mol. The van der Waals surface area contributed by atoms with E-state index in [1.54, 1.807) is 0 Å². The Balaban J connectivity index is 2.32. The van der Waals surface area contributed by atoms with Crippen LogP contribution in [0.25, 0.3) is 0 Å². The van der Waals surface area contributed by atoms with Crippen LogP contribution in [0.15, 0.2) is 18.2 Å². The number of Topliss-reactive ketones (excluding diaryl/α,β-unsaturated/α-hetero) is 1. The van der Waals surface area contributed by atoms with Crippen molar-refractivity contribution in [1.29, 1.82) is 0 Å². The van der Waals surface area contributed by atoms with Crippen molar-refractivity contribution in [2.45, 2.75) is 13.8 Å². The molecule has 0 aliphatic rings. The molecule has 0 aliphatic carbocycles. The van der Waals surface area contributed by atoms with E-state index in [9.17, 15) is 13.6 Å². The first-order valence-corrected chi connectivity index (χ1v) is 6.15. The second kappa shape index (κ2) is 7.96. The summed E-state index contributed by atoms with van der Waals surface area (Å²) in [5.74, 6) is -2.03. The summed E-state index contributed by atoms with van der Waals surface area (Å²) in [4.78, 5) is 11.6. The van der Waals surface area contributed by atoms with Crippen LogP contribution in [0, 0.1) is 17.6 Å². The van der Waals surface area contributed by atoms with E-state index in [-0.39, 0.29) is 13.2 Å². The lowest BCUT2D eigenvalue weighted by molar-refractivity contribution is 0.0361. The summed E-state index contributed by atoms with van der Waals surface area (Å²) in [6.45, 7) is 4.86. The van der Waals surface area contributed by atoms with Crippen molar-refractivity contribution in [3.8, 4) is 0 Å². The summed E-state index contributed by atoms with van der Waals surface area (Å²) in [6.07, 6.45) is 0. The molecule has 0 bridgehead atoms. The lowest BCUT2D eigenvalue weighted by Gasteiger charge is -2.08. The number of benzene rings is 1. The van der Waals surface area contributed by atoms with Gasteiger partial charge in [0.25, 0.3) is 0 Å². The Hall–Kier alpha value is -1.33. The lowest BCUT2D eigenvalue weighted by Crippen LogP contribution is -2.16. The monoisotopic (exact) mass is 272 g/mol. The van der Waals surface area contributed by atoms with Crippen LogP contribution in [0.5, 0.6) is 0 Å². The van der Waals surface area contributed by atoms with Crippen LogP contribution in [-0.2, 0) is 9.47 Å². The molecular formula is C14H18F2O3. The number of ether oxygens (including phenoxy) is 2. The summed E-state index contributed by atoms with van der Waals surface area (Å²) in [6, 6.07) is 3.30. The SMILES string of the molecule is CC(C)COCCOCC(=O)c1c(F)cccc1F. The van der Waals surface area contributed by atoms with Gasteiger partial charge in [-0.05, 0) is 18.1 Å². The number of rotatable bonds is 8. The molecular weight excluding hydrogens is 254 g/mol. The molecule has 0 amide bonds. The second-order valence-corrected chi connectivity index (χ2v) is 4.54. The standard InChI is InChI=1S/C14H18F2O3/c1-10(2)8-18-6-7-19-9-13(17)14-11(15)4-3-5-12(14)16/h3-5,10H,6-9H2,1-2H3. The number of hydrogen-bond donors (Lipinski definition) is 0. The average molecular weight is 272 g/mol. The summed E-state index contributed by atoms with van der Waals surface area (Å²) < 4.78 is 36.8. The molecule has 1 aromatic carbocycles. The maximum Gasteiger partial charge on any atom is 0.194 e. The third-order valence-corrected chi connectivity index (χ3v) is 2.30. The van der Waals surface area contributed by atoms with Crippen LogP contribution >= 0.6 is 0 Å². The van der Waals surface area contributed by atoms with E-state index in [4.69, 9.17) is 9.47 Å². The molecule has 0 heterocycles. The fourth-order valence-corrected chi connectivity index (χ4v) is 1.44. The van der Waals surface area contributed by atoms with Gasteiger partial charge in [0.05, 0.1) is 18.8 Å². The Bertz CT molecular complexity index is 399. The van der Waals surface area contributed by atoms with Crippen molar-refractivity contribution in [3.05, 3.63) is 35.4 Å². The van der Waals surface area contributed by atoms with E-state index in [1.165, 1.54) is 6.07 Å². The highest BCUT2D eigenvalue weighted by atomic mass is 19.1. The van der Waals surface area contributed by atoms with E-state index in [0.29, 0.717) is 19.1 Å². The van der Waals surface area contributed by atoms with Crippen LogP contribution in [-0.4, -0.2) is 32.2 Å². The minimum absolute atomic E-state index is 0.217. The zero-order valence-corrected chi connectivity index (χ0v) is 11.1. The molecule has 0 saturated carbocycles. The molecule has 0 aromatic heterocycles. The maximum absolute atomic E-state index is 13.3. The van der Waals surface area contributed by atoms with Gasteiger partial charge in [0, 0.05) is 6.61 Å². The van der Waals surface area contributed by atoms with Gasteiger partial charge >= 0.3 is 0 Å². The number of carbonyl (C=O) groups excluding carboxylic acids is 1. The molecule has 0 radical (unpaired) electrons. The topological polar surface area (TPSA) is 35.5 Å². The third kappa shape index (κ3) is 5.44. The number of ketones is 1. The number of carbonyl (C=O) groups is 1. The molecule has 106 valence electrons. The summed E-state index contributed by atoms with van der Waals surface area (Å²) in [7, 11) is 0. The second-order valence-electron chi connectivity index (χ2n) is 4.54. The Morgan fingerprint density at radius 1 is 1.16 bits per heavy atom. The first kappa shape index (κ1) is 15.7. The van der Waals surface area contributed by atoms with Crippen molar-refractivity contribution >= 4 is 5.78 Å². The Morgan fingerprint density at radius 2 is 1.74 bits per heavy atom. The molecule has 5 heteroatoms. The van der Waals surface area contributed by atoms with Crippen molar-refractivity contribution in [3.63, 3.8) is 0 Å².